The van der Waals surface area contributed by atoms with E-state index in [0.717, 1.165) is 5.56 Å². The number of carboxylic acids is 1. The number of anilines is 1. The predicted molar refractivity (Wildman–Crippen MR) is 142 cm³/mol. The zero-order valence-electron chi connectivity index (χ0n) is 20.1. The average molecular weight is 560 g/mol. The van der Waals surface area contributed by atoms with Gasteiger partial charge in [-0.1, -0.05) is 35.3 Å². The summed E-state index contributed by atoms with van der Waals surface area (Å²) >= 11 is 13.3. The standard InChI is InChI=1S/C25H23Cl2N5O4S/c1-25(2)20(19(21(25)33)37-24-29-8-9-32(24)3)31-17(23(35)36)10-13-4-6-14(7-5-13)30-22(34)18-15(26)11-28-12-16(18)27/h4-9,11-12,17,31H,10H2,1-3H3,(H,30,34)(H,35,36)/t17-/m0/s1. The number of thioether (sulfide) groups is 1. The van der Waals surface area contributed by atoms with Gasteiger partial charge in [-0.3, -0.25) is 14.6 Å². The highest BCUT2D eigenvalue weighted by molar-refractivity contribution is 8.04. The molecule has 0 saturated heterocycles. The zero-order chi connectivity index (χ0) is 26.9. The minimum atomic E-state index is -1.05. The van der Waals surface area contributed by atoms with Crippen molar-refractivity contribution in [1.29, 1.82) is 0 Å². The molecule has 0 unspecified atom stereocenters. The van der Waals surface area contributed by atoms with E-state index in [2.05, 4.69) is 20.6 Å². The third-order valence-corrected chi connectivity index (χ3v) is 7.69. The number of nitrogens with one attached hydrogen (secondary N) is 2. The van der Waals surface area contributed by atoms with Gasteiger partial charge < -0.3 is 20.3 Å². The maximum absolute atomic E-state index is 12.8. The van der Waals surface area contributed by atoms with Crippen LogP contribution in [-0.4, -0.2) is 43.3 Å². The van der Waals surface area contributed by atoms with Crippen LogP contribution >= 0.6 is 35.0 Å². The van der Waals surface area contributed by atoms with E-state index in [1.165, 1.54) is 24.2 Å². The Kier molecular flexibility index (Phi) is 7.63. The van der Waals surface area contributed by atoms with Crippen LogP contribution in [0.3, 0.4) is 0 Å². The Morgan fingerprint density at radius 3 is 2.38 bits per heavy atom. The Morgan fingerprint density at radius 1 is 1.16 bits per heavy atom. The number of hydrogen-bond donors (Lipinski definition) is 3. The lowest BCUT2D eigenvalue weighted by Gasteiger charge is -2.40. The third-order valence-electron chi connectivity index (χ3n) is 5.95. The number of pyridine rings is 1. The molecule has 12 heteroatoms. The molecule has 2 heterocycles. The van der Waals surface area contributed by atoms with Gasteiger partial charge in [-0.2, -0.15) is 0 Å². The second kappa shape index (κ2) is 10.6. The quantitative estimate of drug-likeness (QED) is 0.348. The molecular formula is C25H23Cl2N5O4S. The molecular weight excluding hydrogens is 537 g/mol. The van der Waals surface area contributed by atoms with Gasteiger partial charge in [-0.15, -0.1) is 0 Å². The second-order valence-electron chi connectivity index (χ2n) is 8.95. The first kappa shape index (κ1) is 26.7. The Labute approximate surface area is 227 Å². The summed E-state index contributed by atoms with van der Waals surface area (Å²) in [7, 11) is 1.82. The highest BCUT2D eigenvalue weighted by Crippen LogP contribution is 2.47. The molecule has 1 aliphatic carbocycles. The number of imidazole rings is 1. The van der Waals surface area contributed by atoms with E-state index >= 15 is 0 Å². The summed E-state index contributed by atoms with van der Waals surface area (Å²) in [5, 5.41) is 16.6. The van der Waals surface area contributed by atoms with Crippen molar-refractivity contribution in [3.63, 3.8) is 0 Å². The molecule has 192 valence electrons. The third kappa shape index (κ3) is 5.51. The number of benzene rings is 1. The lowest BCUT2D eigenvalue weighted by molar-refractivity contribution is -0.139. The number of halogens is 2. The molecule has 3 N–H and O–H groups in total. The number of hydrogen-bond acceptors (Lipinski definition) is 7. The van der Waals surface area contributed by atoms with Gasteiger partial charge >= 0.3 is 5.97 Å². The number of aliphatic carboxylic acids is 1. The van der Waals surface area contributed by atoms with Gasteiger partial charge in [0.15, 0.2) is 10.9 Å². The fourth-order valence-electron chi connectivity index (χ4n) is 3.77. The molecule has 0 saturated carbocycles. The van der Waals surface area contributed by atoms with Gasteiger partial charge in [0.05, 0.1) is 25.9 Å². The Bertz CT molecular complexity index is 1400. The normalized spacial score (nSPS) is 15.2. The van der Waals surface area contributed by atoms with Crippen LogP contribution in [0.25, 0.3) is 0 Å². The van der Waals surface area contributed by atoms with E-state index in [9.17, 15) is 19.5 Å². The fourth-order valence-corrected chi connectivity index (χ4v) is 5.57. The first-order valence-corrected chi connectivity index (χ1v) is 12.7. The smallest absolute Gasteiger partial charge is 0.326 e. The Morgan fingerprint density at radius 2 is 1.81 bits per heavy atom. The SMILES string of the molecule is Cn1ccnc1SC1=C(N[C@@H](Cc2ccc(NC(=O)c3c(Cl)cncc3Cl)cc2)C(=O)O)C(C)(C)C1=O. The minimum absolute atomic E-state index is 0.0679. The summed E-state index contributed by atoms with van der Waals surface area (Å²) in [5.41, 5.74) is 1.07. The zero-order valence-corrected chi connectivity index (χ0v) is 22.4. The van der Waals surface area contributed by atoms with Crippen molar-refractivity contribution >= 4 is 58.3 Å². The van der Waals surface area contributed by atoms with Crippen molar-refractivity contribution in [2.45, 2.75) is 31.5 Å². The second-order valence-corrected chi connectivity index (χ2v) is 10.7. The topological polar surface area (TPSA) is 126 Å². The molecule has 9 nitrogen and oxygen atoms in total. The highest BCUT2D eigenvalue weighted by Gasteiger charge is 2.48. The molecule has 1 aromatic carbocycles. The number of aromatic nitrogens is 3. The van der Waals surface area contributed by atoms with Gasteiger partial charge in [-0.05, 0) is 43.3 Å². The van der Waals surface area contributed by atoms with Crippen LogP contribution in [0.5, 0.6) is 0 Å². The maximum atomic E-state index is 12.8. The predicted octanol–water partition coefficient (Wildman–Crippen LogP) is 4.57. The molecule has 2 aromatic heterocycles. The molecule has 0 bridgehead atoms. The van der Waals surface area contributed by atoms with Gasteiger partial charge in [0.1, 0.15) is 6.04 Å². The van der Waals surface area contributed by atoms with Crippen LogP contribution in [0.4, 0.5) is 5.69 Å². The summed E-state index contributed by atoms with van der Waals surface area (Å²) in [4.78, 5) is 46.0. The number of Topliss-reactive ketones (excluding diaryl/α,β-unsaturated/α-hetero) is 1. The molecule has 0 aliphatic heterocycles. The molecule has 4 rings (SSSR count). The lowest BCUT2D eigenvalue weighted by atomic mass is 9.74. The molecule has 0 spiro atoms. The van der Waals surface area contributed by atoms with Crippen LogP contribution in [0.1, 0.15) is 29.8 Å². The van der Waals surface area contributed by atoms with Crippen molar-refractivity contribution in [2.24, 2.45) is 12.5 Å². The van der Waals surface area contributed by atoms with E-state index in [4.69, 9.17) is 23.2 Å². The van der Waals surface area contributed by atoms with Gasteiger partial charge in [0.2, 0.25) is 0 Å². The highest BCUT2D eigenvalue weighted by atomic mass is 35.5. The number of nitrogens with zero attached hydrogens (tertiary/aromatic N) is 3. The maximum Gasteiger partial charge on any atom is 0.326 e. The van der Waals surface area contributed by atoms with Gasteiger partial charge in [-0.25, -0.2) is 9.78 Å². The number of amides is 1. The van der Waals surface area contributed by atoms with Crippen LogP contribution in [0.15, 0.2) is 64.8 Å². The first-order chi connectivity index (χ1) is 17.5. The fraction of sp³-hybridized carbons (Fsp3) is 0.240. The van der Waals surface area contributed by atoms with Crippen molar-refractivity contribution in [3.8, 4) is 0 Å². The minimum Gasteiger partial charge on any atom is -0.480 e. The van der Waals surface area contributed by atoms with Gasteiger partial charge in [0, 0.05) is 49.6 Å². The molecule has 0 fully saturated rings. The average Bonchev–Trinajstić information content (AvgIpc) is 3.25. The number of carbonyl (C=O) groups is 3. The van der Waals surface area contributed by atoms with Crippen molar-refractivity contribution in [3.05, 3.63) is 80.8 Å². The van der Waals surface area contributed by atoms with Crippen molar-refractivity contribution < 1.29 is 19.5 Å². The summed E-state index contributed by atoms with van der Waals surface area (Å²) in [6, 6.07) is 5.78. The summed E-state index contributed by atoms with van der Waals surface area (Å²) < 4.78 is 1.79. The Hall–Kier alpha value is -3.34. The van der Waals surface area contributed by atoms with Crippen molar-refractivity contribution in [1.82, 2.24) is 19.9 Å². The molecule has 3 aromatic rings. The monoisotopic (exact) mass is 559 g/mol. The number of carbonyl (C=O) groups excluding carboxylic acids is 2. The molecule has 1 aliphatic rings. The number of carboxylic acid groups (broad SMARTS) is 1. The van der Waals surface area contributed by atoms with Crippen LogP contribution in [0.2, 0.25) is 10.0 Å². The first-order valence-electron chi connectivity index (χ1n) is 11.1. The van der Waals surface area contributed by atoms with E-state index in [0.29, 0.717) is 21.4 Å². The molecule has 0 radical (unpaired) electrons. The van der Waals surface area contributed by atoms with E-state index in [-0.39, 0.29) is 27.8 Å². The van der Waals surface area contributed by atoms with Crippen LogP contribution < -0.4 is 10.6 Å². The Balaban J connectivity index is 1.48. The van der Waals surface area contributed by atoms with Crippen molar-refractivity contribution in [2.75, 3.05) is 5.32 Å². The summed E-state index contributed by atoms with van der Waals surface area (Å²) in [6.07, 6.45) is 6.22. The van der Waals surface area contributed by atoms with E-state index < -0.39 is 23.3 Å². The summed E-state index contributed by atoms with van der Waals surface area (Å²) in [6.45, 7) is 3.52. The number of ketones is 1. The van der Waals surface area contributed by atoms with E-state index in [1.54, 1.807) is 55.1 Å². The summed E-state index contributed by atoms with van der Waals surface area (Å²) in [5.74, 6) is -1.61. The van der Waals surface area contributed by atoms with Crippen LogP contribution in [-0.2, 0) is 23.1 Å². The molecule has 37 heavy (non-hydrogen) atoms. The number of allylic oxidation sites excluding steroid dienone is 2. The van der Waals surface area contributed by atoms with E-state index in [1.807, 2.05) is 7.05 Å². The largest absolute Gasteiger partial charge is 0.480 e. The lowest BCUT2D eigenvalue weighted by Crippen LogP contribution is -2.50. The molecule has 1 atom stereocenters. The molecule has 1 amide bonds. The number of aryl methyl sites for hydroxylation is 1. The number of rotatable bonds is 9. The van der Waals surface area contributed by atoms with Crippen LogP contribution in [0, 0.1) is 5.41 Å². The van der Waals surface area contributed by atoms with Gasteiger partial charge in [0.25, 0.3) is 5.91 Å².